The van der Waals surface area contributed by atoms with Crippen LogP contribution in [0.2, 0.25) is 0 Å². The van der Waals surface area contributed by atoms with Gasteiger partial charge in [0.2, 0.25) is 0 Å². The SMILES string of the molecule is CCCCOS(=O)(=O)O.CCCC[P+]1(C)N(C)CCCN1C. The number of hydrogen-bond donors (Lipinski definition) is 1. The standard InChI is InChI=1S/C10H24N2P.C4H10O4S/c1-5-6-10-13(4)11(2)8-7-9-12(13)3;1-2-3-4-8-9(5,6)7/h5-10H2,1-4H3;2-4H2,1H3,(H,5,6,7)/q+1;. The van der Waals surface area contributed by atoms with Crippen molar-refractivity contribution in [1.82, 2.24) is 9.34 Å². The van der Waals surface area contributed by atoms with Gasteiger partial charge in [0, 0.05) is 27.2 Å². The van der Waals surface area contributed by atoms with Crippen molar-refractivity contribution in [2.24, 2.45) is 0 Å². The highest BCUT2D eigenvalue weighted by Crippen LogP contribution is 2.62. The van der Waals surface area contributed by atoms with Crippen molar-refractivity contribution in [3.63, 3.8) is 0 Å². The van der Waals surface area contributed by atoms with Gasteiger partial charge in [0.15, 0.2) is 0 Å². The highest BCUT2D eigenvalue weighted by Gasteiger charge is 2.43. The molecule has 0 aromatic heterocycles. The van der Waals surface area contributed by atoms with Gasteiger partial charge in [-0.25, -0.2) is 4.18 Å². The van der Waals surface area contributed by atoms with Crippen molar-refractivity contribution < 1.29 is 17.2 Å². The normalized spacial score (nSPS) is 19.5. The van der Waals surface area contributed by atoms with Crippen LogP contribution >= 0.6 is 7.56 Å². The highest BCUT2D eigenvalue weighted by atomic mass is 32.3. The summed E-state index contributed by atoms with van der Waals surface area (Å²) in [6.07, 6.45) is 6.96. The second-order valence-corrected chi connectivity index (χ2v) is 11.0. The van der Waals surface area contributed by atoms with Crippen LogP contribution in [0.15, 0.2) is 0 Å². The molecule has 0 aliphatic carbocycles. The molecule has 1 rings (SSSR count). The van der Waals surface area contributed by atoms with E-state index in [1.807, 2.05) is 6.92 Å². The van der Waals surface area contributed by atoms with Gasteiger partial charge in [-0.1, -0.05) is 26.7 Å². The largest absolute Gasteiger partial charge is 0.397 e. The Morgan fingerprint density at radius 1 is 1.09 bits per heavy atom. The quantitative estimate of drug-likeness (QED) is 0.429. The Bertz CT molecular complexity index is 382. The Morgan fingerprint density at radius 3 is 2.00 bits per heavy atom. The Labute approximate surface area is 137 Å². The molecule has 1 heterocycles. The van der Waals surface area contributed by atoms with Crippen LogP contribution in [0.4, 0.5) is 0 Å². The lowest BCUT2D eigenvalue weighted by molar-refractivity contribution is 0.264. The second-order valence-electron chi connectivity index (χ2n) is 5.88. The Balaban J connectivity index is 0.000000433. The van der Waals surface area contributed by atoms with Gasteiger partial charge in [-0.3, -0.25) is 4.55 Å². The molecule has 0 radical (unpaired) electrons. The molecule has 0 spiro atoms. The molecular formula is C14H34N2O4PS+. The minimum absolute atomic E-state index is 0.0648. The van der Waals surface area contributed by atoms with Gasteiger partial charge >= 0.3 is 10.4 Å². The Kier molecular flexibility index (Phi) is 11.0. The predicted octanol–water partition coefficient (Wildman–Crippen LogP) is 3.14. The van der Waals surface area contributed by atoms with Crippen molar-refractivity contribution >= 4 is 18.0 Å². The molecule has 1 aliphatic heterocycles. The van der Waals surface area contributed by atoms with Gasteiger partial charge < -0.3 is 0 Å². The highest BCUT2D eigenvalue weighted by molar-refractivity contribution is 7.80. The zero-order chi connectivity index (χ0) is 17.2. The first-order chi connectivity index (χ1) is 10.2. The monoisotopic (exact) mass is 357 g/mol. The number of nitrogens with zero attached hydrogens (tertiary/aromatic N) is 2. The molecule has 22 heavy (non-hydrogen) atoms. The smallest absolute Gasteiger partial charge is 0.264 e. The molecule has 0 unspecified atom stereocenters. The lowest BCUT2D eigenvalue weighted by Crippen LogP contribution is -2.39. The minimum atomic E-state index is -4.20. The molecule has 0 aromatic carbocycles. The van der Waals surface area contributed by atoms with Crippen molar-refractivity contribution in [3.8, 4) is 0 Å². The average Bonchev–Trinajstić information content (AvgIpc) is 2.42. The van der Waals surface area contributed by atoms with Crippen molar-refractivity contribution in [3.05, 3.63) is 0 Å². The lowest BCUT2D eigenvalue weighted by Gasteiger charge is -2.41. The molecule has 0 saturated carbocycles. The van der Waals surface area contributed by atoms with Crippen LogP contribution in [0.3, 0.4) is 0 Å². The lowest BCUT2D eigenvalue weighted by atomic mass is 10.4. The Morgan fingerprint density at radius 2 is 1.59 bits per heavy atom. The van der Waals surface area contributed by atoms with E-state index in [1.165, 1.54) is 38.5 Å². The second kappa shape index (κ2) is 10.9. The molecule has 1 fully saturated rings. The molecule has 6 nitrogen and oxygen atoms in total. The van der Waals surface area contributed by atoms with E-state index < -0.39 is 18.0 Å². The summed E-state index contributed by atoms with van der Waals surface area (Å²) in [5.41, 5.74) is 0. The van der Waals surface area contributed by atoms with Gasteiger partial charge in [0.1, 0.15) is 7.56 Å². The van der Waals surface area contributed by atoms with Crippen LogP contribution in [-0.2, 0) is 14.6 Å². The first-order valence-electron chi connectivity index (χ1n) is 8.08. The minimum Gasteiger partial charge on any atom is -0.264 e. The van der Waals surface area contributed by atoms with Crippen LogP contribution in [0, 0.1) is 0 Å². The first kappa shape index (κ1) is 22.2. The molecular weight excluding hydrogens is 323 g/mol. The van der Waals surface area contributed by atoms with E-state index in [0.29, 0.717) is 6.42 Å². The average molecular weight is 357 g/mol. The van der Waals surface area contributed by atoms with E-state index in [2.05, 4.69) is 41.2 Å². The molecule has 134 valence electrons. The summed E-state index contributed by atoms with van der Waals surface area (Å²) < 4.78 is 36.9. The summed E-state index contributed by atoms with van der Waals surface area (Å²) >= 11 is 0. The fourth-order valence-electron chi connectivity index (χ4n) is 2.33. The van der Waals surface area contributed by atoms with E-state index >= 15 is 0 Å². The van der Waals surface area contributed by atoms with Gasteiger partial charge in [-0.15, -0.1) is 0 Å². The maximum absolute atomic E-state index is 9.84. The van der Waals surface area contributed by atoms with Crippen LogP contribution in [-0.4, -0.2) is 68.9 Å². The third-order valence-corrected chi connectivity index (χ3v) is 9.07. The summed E-state index contributed by atoms with van der Waals surface area (Å²) in [6, 6.07) is 0. The summed E-state index contributed by atoms with van der Waals surface area (Å²) in [6.45, 7) is 9.34. The van der Waals surface area contributed by atoms with E-state index in [1.54, 1.807) is 0 Å². The molecule has 1 saturated heterocycles. The summed E-state index contributed by atoms with van der Waals surface area (Å²) in [4.78, 5) is 0. The molecule has 1 N–H and O–H groups in total. The van der Waals surface area contributed by atoms with Gasteiger partial charge in [0.05, 0.1) is 19.4 Å². The molecule has 1 aliphatic rings. The predicted molar refractivity (Wildman–Crippen MR) is 94.9 cm³/mol. The molecule has 0 bridgehead atoms. The van der Waals surface area contributed by atoms with Crippen molar-refractivity contribution in [2.75, 3.05) is 46.6 Å². The van der Waals surface area contributed by atoms with Crippen LogP contribution in [0.5, 0.6) is 0 Å². The zero-order valence-electron chi connectivity index (χ0n) is 14.8. The number of hydrogen-bond acceptors (Lipinski definition) is 5. The molecule has 0 aromatic rings. The van der Waals surface area contributed by atoms with Crippen molar-refractivity contribution in [2.45, 2.75) is 46.0 Å². The molecule has 0 amide bonds. The fourth-order valence-corrected chi connectivity index (χ4v) is 5.92. The van der Waals surface area contributed by atoms with E-state index in [-0.39, 0.29) is 6.61 Å². The molecule has 0 atom stereocenters. The molecule has 8 heteroatoms. The maximum atomic E-state index is 9.84. The number of rotatable bonds is 7. The summed E-state index contributed by atoms with van der Waals surface area (Å²) in [5, 5.41) is 0. The van der Waals surface area contributed by atoms with E-state index in [4.69, 9.17) is 4.55 Å². The van der Waals surface area contributed by atoms with Crippen LogP contribution in [0.1, 0.15) is 46.0 Å². The zero-order valence-corrected chi connectivity index (χ0v) is 16.5. The van der Waals surface area contributed by atoms with Crippen LogP contribution in [0.25, 0.3) is 0 Å². The summed E-state index contributed by atoms with van der Waals surface area (Å²) in [5.74, 6) is 0. The van der Waals surface area contributed by atoms with Crippen molar-refractivity contribution in [1.29, 1.82) is 0 Å². The first-order valence-corrected chi connectivity index (χ1v) is 11.8. The number of unbranched alkanes of at least 4 members (excludes halogenated alkanes) is 2. The van der Waals surface area contributed by atoms with E-state index in [0.717, 1.165) is 6.42 Å². The third-order valence-electron chi connectivity index (χ3n) is 4.10. The van der Waals surface area contributed by atoms with Crippen LogP contribution < -0.4 is 0 Å². The fraction of sp³-hybridized carbons (Fsp3) is 1.00. The van der Waals surface area contributed by atoms with Gasteiger partial charge in [-0.2, -0.15) is 17.8 Å². The van der Waals surface area contributed by atoms with Gasteiger partial charge in [-0.05, 0) is 19.3 Å². The Hall–Kier alpha value is 0.220. The third kappa shape index (κ3) is 8.75. The maximum Gasteiger partial charge on any atom is 0.397 e. The van der Waals surface area contributed by atoms with Gasteiger partial charge in [0.25, 0.3) is 0 Å². The van der Waals surface area contributed by atoms with E-state index in [9.17, 15) is 8.42 Å². The topological polar surface area (TPSA) is 70.1 Å². The summed E-state index contributed by atoms with van der Waals surface area (Å²) in [7, 11) is -0.482.